The van der Waals surface area contributed by atoms with Gasteiger partial charge < -0.3 is 13.3 Å². The van der Waals surface area contributed by atoms with Crippen molar-refractivity contribution in [2.45, 2.75) is 136 Å². The van der Waals surface area contributed by atoms with E-state index in [-0.39, 0.29) is 0 Å². The third kappa shape index (κ3) is 17.0. The Kier molecular flexibility index (Phi) is 21.9. The minimum Gasteiger partial charge on any atom is -0.373 e. The lowest BCUT2D eigenvalue weighted by Crippen LogP contribution is -2.46. The summed E-state index contributed by atoms with van der Waals surface area (Å²) in [6.07, 6.45) is 20.4. The van der Waals surface area contributed by atoms with Crippen molar-refractivity contribution in [3.63, 3.8) is 0 Å². The number of hydrogen-bond donors (Lipinski definition) is 0. The van der Waals surface area contributed by atoms with E-state index in [0.717, 1.165) is 64.4 Å². The lowest BCUT2D eigenvalue weighted by molar-refractivity contribution is 0.0557. The Bertz CT molecular complexity index is 273. The lowest BCUT2D eigenvalue weighted by Gasteiger charge is -2.30. The Morgan fingerprint density at radius 2 is 0.714 bits per heavy atom. The Labute approximate surface area is 178 Å². The van der Waals surface area contributed by atoms with Gasteiger partial charge in [0, 0.05) is 25.9 Å². The van der Waals surface area contributed by atoms with Gasteiger partial charge in [-0.25, -0.2) is 0 Å². The second-order valence-corrected chi connectivity index (χ2v) is 11.0. The first-order chi connectivity index (χ1) is 13.7. The van der Waals surface area contributed by atoms with E-state index >= 15 is 0 Å². The van der Waals surface area contributed by atoms with E-state index in [9.17, 15) is 0 Å². The third-order valence-electron chi connectivity index (χ3n) is 5.30. The highest BCUT2D eigenvalue weighted by atomic mass is 28.4. The molecule has 0 unspecified atom stereocenters. The normalized spacial score (nSPS) is 12.0. The van der Waals surface area contributed by atoms with Crippen molar-refractivity contribution in [1.82, 2.24) is 0 Å². The Balaban J connectivity index is 4.26. The predicted molar refractivity (Wildman–Crippen MR) is 125 cm³/mol. The average Bonchev–Trinajstić information content (AvgIpc) is 2.70. The molecule has 28 heavy (non-hydrogen) atoms. The largest absolute Gasteiger partial charge is 0.500 e. The topological polar surface area (TPSA) is 27.7 Å². The van der Waals surface area contributed by atoms with Crippen LogP contribution in [0.15, 0.2) is 0 Å². The maximum atomic E-state index is 6.34. The minimum absolute atomic E-state index is 0.790. The van der Waals surface area contributed by atoms with Crippen LogP contribution in [0.5, 0.6) is 0 Å². The maximum Gasteiger partial charge on any atom is 0.500 e. The average molecular weight is 417 g/mol. The summed E-state index contributed by atoms with van der Waals surface area (Å²) in [5.74, 6) is 0. The molecule has 4 heteroatoms. The molecular weight excluding hydrogens is 364 g/mol. The molecular formula is C24H52O3Si. The molecule has 170 valence electrons. The highest BCUT2D eigenvalue weighted by Gasteiger charge is 2.40. The van der Waals surface area contributed by atoms with Gasteiger partial charge in [-0.3, -0.25) is 0 Å². The summed E-state index contributed by atoms with van der Waals surface area (Å²) in [4.78, 5) is 0. The first-order valence-electron chi connectivity index (χ1n) is 12.7. The van der Waals surface area contributed by atoms with Crippen LogP contribution in [0.2, 0.25) is 6.04 Å². The molecule has 0 atom stereocenters. The van der Waals surface area contributed by atoms with E-state index in [1.165, 1.54) is 64.2 Å². The van der Waals surface area contributed by atoms with Gasteiger partial charge in [-0.2, -0.15) is 0 Å². The van der Waals surface area contributed by atoms with Crippen LogP contribution in [0.25, 0.3) is 0 Å². The molecule has 0 aliphatic heterocycles. The predicted octanol–water partition coefficient (Wildman–Crippen LogP) is 8.30. The van der Waals surface area contributed by atoms with Crippen LogP contribution in [0.1, 0.15) is 130 Å². The second kappa shape index (κ2) is 21.8. The Morgan fingerprint density at radius 3 is 1.07 bits per heavy atom. The first kappa shape index (κ1) is 28.1. The van der Waals surface area contributed by atoms with Gasteiger partial charge in [-0.05, 0) is 25.7 Å². The van der Waals surface area contributed by atoms with E-state index in [4.69, 9.17) is 13.3 Å². The van der Waals surface area contributed by atoms with Gasteiger partial charge in [-0.1, -0.05) is 105 Å². The molecule has 0 aromatic heterocycles. The van der Waals surface area contributed by atoms with E-state index in [1.807, 2.05) is 0 Å². The van der Waals surface area contributed by atoms with Crippen LogP contribution < -0.4 is 0 Å². The number of hydrogen-bond acceptors (Lipinski definition) is 3. The third-order valence-corrected chi connectivity index (χ3v) is 8.19. The van der Waals surface area contributed by atoms with Gasteiger partial charge >= 0.3 is 8.80 Å². The molecule has 0 bridgehead atoms. The van der Waals surface area contributed by atoms with Crippen molar-refractivity contribution in [3.05, 3.63) is 0 Å². The fourth-order valence-electron chi connectivity index (χ4n) is 3.29. The van der Waals surface area contributed by atoms with E-state index in [2.05, 4.69) is 27.7 Å². The molecule has 0 saturated carbocycles. The zero-order chi connectivity index (χ0) is 20.8. The summed E-state index contributed by atoms with van der Waals surface area (Å²) in [5, 5.41) is 0. The molecule has 0 amide bonds. The molecule has 0 rings (SSSR count). The van der Waals surface area contributed by atoms with Crippen molar-refractivity contribution in [1.29, 1.82) is 0 Å². The molecule has 0 spiro atoms. The summed E-state index contributed by atoms with van der Waals surface area (Å²) in [5.41, 5.74) is 0. The molecule has 0 aromatic carbocycles. The monoisotopic (exact) mass is 416 g/mol. The van der Waals surface area contributed by atoms with E-state index in [1.54, 1.807) is 0 Å². The second-order valence-electron chi connectivity index (χ2n) is 8.22. The summed E-state index contributed by atoms with van der Waals surface area (Å²) >= 11 is 0. The molecule has 0 saturated heterocycles. The Morgan fingerprint density at radius 1 is 0.393 bits per heavy atom. The lowest BCUT2D eigenvalue weighted by atomic mass is 10.1. The van der Waals surface area contributed by atoms with Crippen molar-refractivity contribution < 1.29 is 13.3 Å². The molecule has 0 aliphatic carbocycles. The quantitative estimate of drug-likeness (QED) is 0.124. The molecule has 0 N–H and O–H groups in total. The molecule has 0 aromatic rings. The standard InChI is InChI=1S/C24H52O3Si/c1-5-9-13-14-15-16-17-18-19-20-24-28(25-21-10-6-2,26-22-11-7-3)27-23-12-8-4/h5-24H2,1-4H3. The van der Waals surface area contributed by atoms with Gasteiger partial charge in [0.05, 0.1) is 0 Å². The summed E-state index contributed by atoms with van der Waals surface area (Å²) in [6.45, 7) is 11.3. The van der Waals surface area contributed by atoms with E-state index < -0.39 is 8.80 Å². The van der Waals surface area contributed by atoms with Crippen LogP contribution in [-0.2, 0) is 13.3 Å². The summed E-state index contributed by atoms with van der Waals surface area (Å²) in [7, 11) is -2.50. The molecule has 3 nitrogen and oxygen atoms in total. The molecule has 0 fully saturated rings. The van der Waals surface area contributed by atoms with Crippen molar-refractivity contribution in [2.75, 3.05) is 19.8 Å². The van der Waals surface area contributed by atoms with Gasteiger partial charge in [-0.15, -0.1) is 0 Å². The van der Waals surface area contributed by atoms with Crippen LogP contribution in [-0.4, -0.2) is 28.6 Å². The van der Waals surface area contributed by atoms with Crippen LogP contribution in [0.4, 0.5) is 0 Å². The van der Waals surface area contributed by atoms with Crippen LogP contribution in [0, 0.1) is 0 Å². The fraction of sp³-hybridized carbons (Fsp3) is 1.00. The van der Waals surface area contributed by atoms with Crippen LogP contribution in [0.3, 0.4) is 0 Å². The Hall–Kier alpha value is 0.0969. The number of unbranched alkanes of at least 4 members (excludes halogenated alkanes) is 12. The van der Waals surface area contributed by atoms with Crippen molar-refractivity contribution >= 4 is 8.80 Å². The van der Waals surface area contributed by atoms with Crippen LogP contribution >= 0.6 is 0 Å². The van der Waals surface area contributed by atoms with Gasteiger partial charge in [0.25, 0.3) is 0 Å². The zero-order valence-electron chi connectivity index (χ0n) is 19.9. The SMILES string of the molecule is CCCCCCCCCCCC[Si](OCCCC)(OCCCC)OCCCC. The molecule has 0 radical (unpaired) electrons. The number of rotatable bonds is 23. The zero-order valence-corrected chi connectivity index (χ0v) is 20.9. The van der Waals surface area contributed by atoms with Gasteiger partial charge in [0.15, 0.2) is 0 Å². The summed E-state index contributed by atoms with van der Waals surface area (Å²) < 4.78 is 19.0. The molecule has 0 heterocycles. The van der Waals surface area contributed by atoms with Gasteiger partial charge in [0.2, 0.25) is 0 Å². The fourth-order valence-corrected chi connectivity index (χ4v) is 6.02. The summed E-state index contributed by atoms with van der Waals surface area (Å²) in [6, 6.07) is 1.00. The smallest absolute Gasteiger partial charge is 0.373 e. The highest BCUT2D eigenvalue weighted by Crippen LogP contribution is 2.22. The van der Waals surface area contributed by atoms with Crippen molar-refractivity contribution in [3.8, 4) is 0 Å². The van der Waals surface area contributed by atoms with Crippen molar-refractivity contribution in [2.24, 2.45) is 0 Å². The van der Waals surface area contributed by atoms with E-state index in [0.29, 0.717) is 0 Å². The minimum atomic E-state index is -2.50. The molecule has 0 aliphatic rings. The first-order valence-corrected chi connectivity index (χ1v) is 14.6. The van der Waals surface area contributed by atoms with Gasteiger partial charge in [0.1, 0.15) is 0 Å². The maximum absolute atomic E-state index is 6.34. The highest BCUT2D eigenvalue weighted by molar-refractivity contribution is 6.60.